The molecule has 0 saturated carbocycles. The molecule has 0 spiro atoms. The Kier molecular flexibility index (Phi) is 6.02. The maximum Gasteiger partial charge on any atom is 0.319 e. The molecule has 8 heteroatoms. The number of rotatable bonds is 6. The van der Waals surface area contributed by atoms with Gasteiger partial charge in [0.1, 0.15) is 11.6 Å². The molecule has 1 unspecified atom stereocenters. The number of nitrogens with one attached hydrogen (secondary N) is 2. The van der Waals surface area contributed by atoms with Gasteiger partial charge in [-0.15, -0.1) is 0 Å². The minimum absolute atomic E-state index is 0.101. The molecule has 0 fully saturated rings. The first-order valence-corrected chi connectivity index (χ1v) is 7.44. The van der Waals surface area contributed by atoms with E-state index in [1.54, 1.807) is 6.07 Å². The van der Waals surface area contributed by atoms with Crippen LogP contribution in [-0.2, 0) is 0 Å². The smallest absolute Gasteiger partial charge is 0.319 e. The molecule has 0 radical (unpaired) electrons. The summed E-state index contributed by atoms with van der Waals surface area (Å²) in [7, 11) is 0. The zero-order valence-corrected chi connectivity index (χ0v) is 13.1. The van der Waals surface area contributed by atoms with Crippen molar-refractivity contribution in [2.75, 3.05) is 11.9 Å². The quantitative estimate of drug-likeness (QED) is 0.643. The highest BCUT2D eigenvalue weighted by atomic mass is 19.1. The van der Waals surface area contributed by atoms with Gasteiger partial charge in [-0.25, -0.2) is 13.6 Å². The first kappa shape index (κ1) is 18.3. The molecule has 0 aliphatic rings. The van der Waals surface area contributed by atoms with Crippen molar-refractivity contribution in [2.24, 2.45) is 5.73 Å². The van der Waals surface area contributed by atoms with E-state index in [0.717, 1.165) is 12.1 Å². The Morgan fingerprint density at radius 3 is 2.48 bits per heavy atom. The number of hydrogen-bond donors (Lipinski definition) is 4. The number of urea groups is 1. The van der Waals surface area contributed by atoms with Gasteiger partial charge in [0, 0.05) is 17.9 Å². The molecule has 0 heterocycles. The molecule has 0 aromatic heterocycles. The van der Waals surface area contributed by atoms with Crippen molar-refractivity contribution in [3.8, 4) is 0 Å². The highest BCUT2D eigenvalue weighted by Gasteiger charge is 2.18. The van der Waals surface area contributed by atoms with Crippen molar-refractivity contribution >= 4 is 17.6 Å². The number of halogens is 2. The van der Waals surface area contributed by atoms with Crippen molar-refractivity contribution in [1.82, 2.24) is 5.32 Å². The molecule has 1 atom stereocenters. The molecule has 0 aliphatic carbocycles. The highest BCUT2D eigenvalue weighted by molar-refractivity contribution is 5.96. The number of hydrogen-bond acceptors (Lipinski definition) is 3. The van der Waals surface area contributed by atoms with E-state index < -0.39 is 29.6 Å². The Labute approximate surface area is 142 Å². The van der Waals surface area contributed by atoms with Crippen molar-refractivity contribution in [3.05, 3.63) is 65.2 Å². The molecule has 2 aromatic rings. The van der Waals surface area contributed by atoms with Gasteiger partial charge in [-0.1, -0.05) is 18.2 Å². The van der Waals surface area contributed by atoms with Crippen LogP contribution in [0.5, 0.6) is 0 Å². The summed E-state index contributed by atoms with van der Waals surface area (Å²) in [5.41, 5.74) is 5.06. The van der Waals surface area contributed by atoms with E-state index in [4.69, 9.17) is 10.8 Å². The van der Waals surface area contributed by atoms with Crippen LogP contribution >= 0.6 is 0 Å². The lowest BCUT2D eigenvalue weighted by atomic mass is 10.0. The summed E-state index contributed by atoms with van der Waals surface area (Å²) >= 11 is 0. The number of nitrogens with two attached hydrogens (primary N) is 1. The predicted molar refractivity (Wildman–Crippen MR) is 87.9 cm³/mol. The van der Waals surface area contributed by atoms with E-state index in [2.05, 4.69) is 10.6 Å². The van der Waals surface area contributed by atoms with Crippen LogP contribution in [0.1, 0.15) is 28.4 Å². The summed E-state index contributed by atoms with van der Waals surface area (Å²) in [6.45, 7) is -0.262. The average Bonchev–Trinajstić information content (AvgIpc) is 2.56. The molecule has 0 aliphatic heterocycles. The second-order valence-electron chi connectivity index (χ2n) is 5.24. The number of aliphatic hydroxyl groups excluding tert-OH is 1. The lowest BCUT2D eigenvalue weighted by molar-refractivity contribution is 0.0996. The lowest BCUT2D eigenvalue weighted by Crippen LogP contribution is -2.33. The van der Waals surface area contributed by atoms with Crippen molar-refractivity contribution < 1.29 is 23.5 Å². The fourth-order valence-electron chi connectivity index (χ4n) is 2.31. The topological polar surface area (TPSA) is 104 Å². The number of benzene rings is 2. The third-order valence-electron chi connectivity index (χ3n) is 3.49. The van der Waals surface area contributed by atoms with Crippen LogP contribution in [0, 0.1) is 11.6 Å². The largest absolute Gasteiger partial charge is 0.396 e. The van der Waals surface area contributed by atoms with E-state index >= 15 is 0 Å². The third kappa shape index (κ3) is 4.74. The Morgan fingerprint density at radius 1 is 1.12 bits per heavy atom. The summed E-state index contributed by atoms with van der Waals surface area (Å²) in [6, 6.07) is 7.76. The second-order valence-corrected chi connectivity index (χ2v) is 5.24. The Balaban J connectivity index is 2.13. The molecule has 0 saturated heterocycles. The van der Waals surface area contributed by atoms with Crippen LogP contribution in [0.2, 0.25) is 0 Å². The van der Waals surface area contributed by atoms with Gasteiger partial charge in [0.05, 0.1) is 11.6 Å². The SMILES string of the molecule is NC(=O)c1cc(NC(=O)NC(CCO)c2ccccc2F)ccc1F. The number of anilines is 1. The van der Waals surface area contributed by atoms with E-state index in [1.165, 1.54) is 24.3 Å². The monoisotopic (exact) mass is 349 g/mol. The summed E-state index contributed by atoms with van der Waals surface area (Å²) in [4.78, 5) is 23.2. The standard InChI is InChI=1S/C17H17F2N3O3/c18-13-4-2-1-3-11(13)15(7-8-23)22-17(25)21-10-5-6-14(19)12(9-10)16(20)24/h1-6,9,15,23H,7-8H2,(H2,20,24)(H2,21,22,25). The van der Waals surface area contributed by atoms with Crippen molar-refractivity contribution in [2.45, 2.75) is 12.5 Å². The van der Waals surface area contributed by atoms with Gasteiger partial charge in [-0.2, -0.15) is 0 Å². The van der Waals surface area contributed by atoms with Crippen LogP contribution < -0.4 is 16.4 Å². The molecular formula is C17H17F2N3O3. The summed E-state index contributed by atoms with van der Waals surface area (Å²) in [5, 5.41) is 14.1. The number of amides is 3. The normalized spacial score (nSPS) is 11.6. The molecule has 2 rings (SSSR count). The first-order valence-electron chi connectivity index (χ1n) is 7.44. The fraction of sp³-hybridized carbons (Fsp3) is 0.176. The predicted octanol–water partition coefficient (Wildman–Crippen LogP) is 2.31. The van der Waals surface area contributed by atoms with E-state index in [9.17, 15) is 18.4 Å². The zero-order valence-electron chi connectivity index (χ0n) is 13.1. The van der Waals surface area contributed by atoms with Gasteiger partial charge < -0.3 is 21.5 Å². The van der Waals surface area contributed by atoms with Gasteiger partial charge in [0.15, 0.2) is 0 Å². The Morgan fingerprint density at radius 2 is 1.84 bits per heavy atom. The van der Waals surface area contributed by atoms with Crippen LogP contribution in [0.3, 0.4) is 0 Å². The lowest BCUT2D eigenvalue weighted by Gasteiger charge is -2.19. The van der Waals surface area contributed by atoms with Crippen molar-refractivity contribution in [3.63, 3.8) is 0 Å². The minimum Gasteiger partial charge on any atom is -0.396 e. The van der Waals surface area contributed by atoms with Crippen molar-refractivity contribution in [1.29, 1.82) is 0 Å². The van der Waals surface area contributed by atoms with E-state index in [-0.39, 0.29) is 29.8 Å². The number of carbonyl (C=O) groups is 2. The molecular weight excluding hydrogens is 332 g/mol. The molecule has 3 amide bonds. The van der Waals surface area contributed by atoms with E-state index in [1.807, 2.05) is 0 Å². The van der Waals surface area contributed by atoms with Crippen LogP contribution in [0.4, 0.5) is 19.3 Å². The summed E-state index contributed by atoms with van der Waals surface area (Å²) in [6.07, 6.45) is 0.101. The first-order chi connectivity index (χ1) is 11.9. The summed E-state index contributed by atoms with van der Waals surface area (Å²) < 4.78 is 27.3. The molecule has 0 bridgehead atoms. The maximum absolute atomic E-state index is 13.9. The number of carbonyl (C=O) groups excluding carboxylic acids is 2. The van der Waals surface area contributed by atoms with Gasteiger partial charge in [0.2, 0.25) is 0 Å². The van der Waals surface area contributed by atoms with Crippen LogP contribution in [-0.4, -0.2) is 23.7 Å². The Hall–Kier alpha value is -3.00. The average molecular weight is 349 g/mol. The fourth-order valence-corrected chi connectivity index (χ4v) is 2.31. The number of aliphatic hydroxyl groups is 1. The maximum atomic E-state index is 13.9. The Bertz CT molecular complexity index is 783. The molecule has 25 heavy (non-hydrogen) atoms. The zero-order chi connectivity index (χ0) is 18.4. The van der Waals surface area contributed by atoms with Gasteiger partial charge in [-0.3, -0.25) is 4.79 Å². The number of primary amides is 1. The minimum atomic E-state index is -0.967. The van der Waals surface area contributed by atoms with Crippen LogP contribution in [0.15, 0.2) is 42.5 Å². The van der Waals surface area contributed by atoms with Gasteiger partial charge >= 0.3 is 6.03 Å². The molecule has 132 valence electrons. The van der Waals surface area contributed by atoms with Gasteiger partial charge in [-0.05, 0) is 30.7 Å². The summed E-state index contributed by atoms with van der Waals surface area (Å²) in [5.74, 6) is -2.28. The van der Waals surface area contributed by atoms with Gasteiger partial charge in [0.25, 0.3) is 5.91 Å². The molecule has 6 nitrogen and oxygen atoms in total. The van der Waals surface area contributed by atoms with Crippen LogP contribution in [0.25, 0.3) is 0 Å². The molecule has 5 N–H and O–H groups in total. The third-order valence-corrected chi connectivity index (χ3v) is 3.49. The van der Waals surface area contributed by atoms with E-state index in [0.29, 0.717) is 0 Å². The molecule has 2 aromatic carbocycles. The highest BCUT2D eigenvalue weighted by Crippen LogP contribution is 2.20. The second kappa shape index (κ2) is 8.20.